The zero-order valence-corrected chi connectivity index (χ0v) is 26.4. The lowest BCUT2D eigenvalue weighted by molar-refractivity contribution is 0.616. The lowest BCUT2D eigenvalue weighted by Crippen LogP contribution is -2.09. The van der Waals surface area contributed by atoms with Crippen molar-refractivity contribution in [2.24, 2.45) is 0 Å². The molecule has 0 aliphatic carbocycles. The molecule has 0 N–H and O–H groups in total. The summed E-state index contributed by atoms with van der Waals surface area (Å²) in [5, 5.41) is 6.61. The summed E-state index contributed by atoms with van der Waals surface area (Å²) in [5.74, 6) is 0.554. The summed E-state index contributed by atoms with van der Waals surface area (Å²) in [6.07, 6.45) is 0. The van der Waals surface area contributed by atoms with Crippen LogP contribution in [0.4, 0.5) is 17.1 Å². The van der Waals surface area contributed by atoms with E-state index in [1.54, 1.807) is 0 Å². The third-order valence-corrected chi connectivity index (χ3v) is 9.46. The van der Waals surface area contributed by atoms with Gasteiger partial charge in [-0.05, 0) is 87.3 Å². The Morgan fingerprint density at radius 2 is 1.08 bits per heavy atom. The van der Waals surface area contributed by atoms with Gasteiger partial charge in [-0.15, -0.1) is 0 Å². The lowest BCUT2D eigenvalue weighted by Gasteiger charge is -2.26. The van der Waals surface area contributed by atoms with E-state index in [0.717, 1.165) is 66.4 Å². The fourth-order valence-electron chi connectivity index (χ4n) is 7.09. The number of oxazole rings is 1. The Kier molecular flexibility index (Phi) is 6.15. The van der Waals surface area contributed by atoms with E-state index in [9.17, 15) is 0 Å². The number of rotatable bonds is 5. The number of anilines is 3. The molecule has 49 heavy (non-hydrogen) atoms. The Balaban J connectivity index is 1.18. The first-order valence-corrected chi connectivity index (χ1v) is 16.5. The quantitative estimate of drug-likeness (QED) is 0.190. The highest BCUT2D eigenvalue weighted by Crippen LogP contribution is 2.44. The summed E-state index contributed by atoms with van der Waals surface area (Å²) in [7, 11) is 0. The molecule has 0 radical (unpaired) electrons. The van der Waals surface area contributed by atoms with Crippen molar-refractivity contribution in [3.63, 3.8) is 0 Å². The first-order valence-electron chi connectivity index (χ1n) is 16.5. The van der Waals surface area contributed by atoms with E-state index in [-0.39, 0.29) is 0 Å². The van der Waals surface area contributed by atoms with Crippen molar-refractivity contribution in [1.29, 1.82) is 0 Å². The second-order valence-electron chi connectivity index (χ2n) is 12.4. The van der Waals surface area contributed by atoms with E-state index < -0.39 is 0 Å². The largest absolute Gasteiger partial charge is 0.455 e. The first-order chi connectivity index (χ1) is 24.3. The van der Waals surface area contributed by atoms with Gasteiger partial charge in [0, 0.05) is 33.9 Å². The highest BCUT2D eigenvalue weighted by Gasteiger charge is 2.22. The maximum Gasteiger partial charge on any atom is 0.231 e. The molecule has 0 bridgehead atoms. The molecule has 0 saturated carbocycles. The van der Waals surface area contributed by atoms with Gasteiger partial charge in [-0.25, -0.2) is 4.98 Å². The van der Waals surface area contributed by atoms with Crippen LogP contribution in [0.2, 0.25) is 0 Å². The van der Waals surface area contributed by atoms with Gasteiger partial charge in [0.25, 0.3) is 0 Å². The summed E-state index contributed by atoms with van der Waals surface area (Å²) >= 11 is 0. The molecule has 0 aliphatic heterocycles. The number of para-hydroxylation sites is 2. The molecule has 0 fully saturated rings. The molecule has 0 atom stereocenters. The van der Waals surface area contributed by atoms with Crippen molar-refractivity contribution >= 4 is 71.6 Å². The van der Waals surface area contributed by atoms with Crippen molar-refractivity contribution < 1.29 is 8.83 Å². The van der Waals surface area contributed by atoms with Crippen LogP contribution in [0, 0.1) is 0 Å². The Hall–Kier alpha value is -6.65. The third kappa shape index (κ3) is 4.57. The molecule has 10 aromatic rings. The number of hydrogen-bond donors (Lipinski definition) is 0. The van der Waals surface area contributed by atoms with Crippen LogP contribution in [0.15, 0.2) is 179 Å². The van der Waals surface area contributed by atoms with Crippen LogP contribution in [-0.2, 0) is 0 Å². The fraction of sp³-hybridized carbons (Fsp3) is 0. The summed E-state index contributed by atoms with van der Waals surface area (Å²) < 4.78 is 13.2. The summed E-state index contributed by atoms with van der Waals surface area (Å²) in [5.41, 5.74) is 9.50. The molecule has 4 nitrogen and oxygen atoms in total. The van der Waals surface area contributed by atoms with Gasteiger partial charge in [0.15, 0.2) is 5.58 Å². The second-order valence-corrected chi connectivity index (χ2v) is 12.4. The van der Waals surface area contributed by atoms with Gasteiger partial charge in [0.05, 0.1) is 5.56 Å². The van der Waals surface area contributed by atoms with E-state index in [2.05, 4.69) is 138 Å². The van der Waals surface area contributed by atoms with Crippen molar-refractivity contribution in [2.75, 3.05) is 4.90 Å². The van der Waals surface area contributed by atoms with Crippen molar-refractivity contribution in [3.8, 4) is 22.6 Å². The molecule has 0 amide bonds. The minimum Gasteiger partial charge on any atom is -0.455 e. The maximum absolute atomic E-state index is 6.83. The molecule has 0 saturated heterocycles. The third-order valence-electron chi connectivity index (χ3n) is 9.46. The van der Waals surface area contributed by atoms with Gasteiger partial charge < -0.3 is 13.7 Å². The van der Waals surface area contributed by atoms with Gasteiger partial charge in [-0.1, -0.05) is 109 Å². The van der Waals surface area contributed by atoms with Gasteiger partial charge in [-0.2, -0.15) is 0 Å². The van der Waals surface area contributed by atoms with Gasteiger partial charge in [0.2, 0.25) is 5.89 Å². The number of furan rings is 1. The minimum absolute atomic E-state index is 0.554. The Morgan fingerprint density at radius 3 is 1.94 bits per heavy atom. The zero-order valence-electron chi connectivity index (χ0n) is 26.4. The Morgan fingerprint density at radius 1 is 0.408 bits per heavy atom. The van der Waals surface area contributed by atoms with Gasteiger partial charge >= 0.3 is 0 Å². The minimum atomic E-state index is 0.554. The van der Waals surface area contributed by atoms with E-state index in [0.29, 0.717) is 5.89 Å². The number of fused-ring (bicyclic) bond motifs is 6. The Labute approximate surface area is 282 Å². The Bertz CT molecular complexity index is 2800. The van der Waals surface area contributed by atoms with E-state index in [1.165, 1.54) is 21.9 Å². The summed E-state index contributed by atoms with van der Waals surface area (Å²) in [6, 6.07) is 59.3. The molecule has 2 aromatic heterocycles. The monoisotopic (exact) mass is 628 g/mol. The van der Waals surface area contributed by atoms with E-state index >= 15 is 0 Å². The zero-order chi connectivity index (χ0) is 32.3. The predicted molar refractivity (Wildman–Crippen MR) is 202 cm³/mol. The van der Waals surface area contributed by atoms with Gasteiger partial charge in [0.1, 0.15) is 16.7 Å². The average molecular weight is 629 g/mol. The van der Waals surface area contributed by atoms with Crippen LogP contribution < -0.4 is 4.90 Å². The molecule has 0 spiro atoms. The SMILES string of the molecule is c1ccc(-c2ccc(N(c3ccc4ccccc4c3)c3ccc4c(c3)oc3c(-c5nc6ccccc6o5)c5ccccc5cc34)cc2)cc1. The molecule has 8 aromatic carbocycles. The molecule has 230 valence electrons. The maximum atomic E-state index is 6.83. The molecule has 10 rings (SSSR count). The van der Waals surface area contributed by atoms with Crippen molar-refractivity contribution in [2.45, 2.75) is 0 Å². The predicted octanol–water partition coefficient (Wildman–Crippen LogP) is 12.8. The number of aromatic nitrogens is 1. The smallest absolute Gasteiger partial charge is 0.231 e. The molecule has 0 unspecified atom stereocenters. The van der Waals surface area contributed by atoms with Crippen LogP contribution in [0.25, 0.3) is 77.2 Å². The van der Waals surface area contributed by atoms with E-state index in [1.807, 2.05) is 36.4 Å². The lowest BCUT2D eigenvalue weighted by atomic mass is 10.00. The molecule has 2 heterocycles. The van der Waals surface area contributed by atoms with Crippen LogP contribution in [0.5, 0.6) is 0 Å². The fourth-order valence-corrected chi connectivity index (χ4v) is 7.09. The molecular weight excluding hydrogens is 601 g/mol. The average Bonchev–Trinajstić information content (AvgIpc) is 3.75. The van der Waals surface area contributed by atoms with Crippen LogP contribution >= 0.6 is 0 Å². The molecule has 4 heteroatoms. The normalized spacial score (nSPS) is 11.7. The van der Waals surface area contributed by atoms with Crippen molar-refractivity contribution in [1.82, 2.24) is 4.98 Å². The van der Waals surface area contributed by atoms with E-state index in [4.69, 9.17) is 13.8 Å². The van der Waals surface area contributed by atoms with Crippen LogP contribution in [0.1, 0.15) is 0 Å². The molecule has 0 aliphatic rings. The topological polar surface area (TPSA) is 42.4 Å². The highest BCUT2D eigenvalue weighted by molar-refractivity contribution is 6.18. The number of benzene rings is 8. The van der Waals surface area contributed by atoms with Crippen molar-refractivity contribution in [3.05, 3.63) is 170 Å². The standard InChI is InChI=1S/C45H28N2O2/c1-2-10-29(11-3-1)31-18-21-34(22-19-31)47(35-23-20-30-12-4-5-13-32(30)26-35)36-24-25-38-39-27-33-14-6-7-15-37(33)43(44(39)48-42(38)28-36)45-46-40-16-8-9-17-41(40)49-45/h1-28H. The summed E-state index contributed by atoms with van der Waals surface area (Å²) in [6.45, 7) is 0. The molecular formula is C45H28N2O2. The summed E-state index contributed by atoms with van der Waals surface area (Å²) in [4.78, 5) is 7.20. The highest BCUT2D eigenvalue weighted by atomic mass is 16.4. The van der Waals surface area contributed by atoms with Gasteiger partial charge in [-0.3, -0.25) is 0 Å². The van der Waals surface area contributed by atoms with Crippen LogP contribution in [-0.4, -0.2) is 4.98 Å². The first kappa shape index (κ1) is 27.5. The second kappa shape index (κ2) is 11.0. The van der Waals surface area contributed by atoms with Crippen LogP contribution in [0.3, 0.4) is 0 Å². The number of nitrogens with zero attached hydrogens (tertiary/aromatic N) is 2. The number of hydrogen-bond acceptors (Lipinski definition) is 4.